The molecule has 1 saturated carbocycles. The van der Waals surface area contributed by atoms with Gasteiger partial charge in [0, 0.05) is 30.0 Å². The monoisotopic (exact) mass is 289 g/mol. The van der Waals surface area contributed by atoms with E-state index in [1.165, 1.54) is 31.2 Å². The SMILES string of the molecule is O=C1Cc2ccc(-c3cccnc3)cc2/C1=C/C1CCCC1. The summed E-state index contributed by atoms with van der Waals surface area (Å²) in [6, 6.07) is 10.4. The number of Topliss-reactive ketones (excluding diaryl/α,β-unsaturated/α-hetero) is 1. The predicted octanol–water partition coefficient (Wildman–Crippen LogP) is 4.45. The molecule has 0 N–H and O–H groups in total. The van der Waals surface area contributed by atoms with Crippen molar-refractivity contribution in [1.82, 2.24) is 4.98 Å². The molecule has 0 unspecified atom stereocenters. The van der Waals surface area contributed by atoms with Gasteiger partial charge in [-0.2, -0.15) is 0 Å². The first-order valence-electron chi connectivity index (χ1n) is 8.10. The van der Waals surface area contributed by atoms with Crippen molar-refractivity contribution in [3.63, 3.8) is 0 Å². The number of ketones is 1. The van der Waals surface area contributed by atoms with Crippen LogP contribution in [-0.4, -0.2) is 10.8 Å². The Hall–Kier alpha value is -2.22. The first kappa shape index (κ1) is 13.4. The normalized spacial score (nSPS) is 19.8. The van der Waals surface area contributed by atoms with Crippen LogP contribution in [0.5, 0.6) is 0 Å². The van der Waals surface area contributed by atoms with Gasteiger partial charge in [0.1, 0.15) is 0 Å². The second-order valence-corrected chi connectivity index (χ2v) is 6.34. The summed E-state index contributed by atoms with van der Waals surface area (Å²) in [5.74, 6) is 0.872. The molecular weight excluding hydrogens is 270 g/mol. The minimum atomic E-state index is 0.283. The third-order valence-corrected chi connectivity index (χ3v) is 4.85. The van der Waals surface area contributed by atoms with Gasteiger partial charge in [-0.05, 0) is 47.6 Å². The fourth-order valence-electron chi connectivity index (χ4n) is 3.66. The van der Waals surface area contributed by atoms with E-state index in [0.29, 0.717) is 12.3 Å². The van der Waals surface area contributed by atoms with Gasteiger partial charge in [-0.3, -0.25) is 9.78 Å². The van der Waals surface area contributed by atoms with Crippen LogP contribution in [0, 0.1) is 5.92 Å². The molecule has 0 bridgehead atoms. The average Bonchev–Trinajstić information content (AvgIpc) is 3.17. The molecule has 2 nitrogen and oxygen atoms in total. The van der Waals surface area contributed by atoms with Crippen molar-refractivity contribution in [2.75, 3.05) is 0 Å². The van der Waals surface area contributed by atoms with Crippen LogP contribution in [0.15, 0.2) is 48.8 Å². The highest BCUT2D eigenvalue weighted by Gasteiger charge is 2.26. The third kappa shape index (κ3) is 2.39. The quantitative estimate of drug-likeness (QED) is 0.765. The van der Waals surface area contributed by atoms with Crippen LogP contribution < -0.4 is 0 Å². The van der Waals surface area contributed by atoms with Gasteiger partial charge in [0.25, 0.3) is 0 Å². The number of carbonyl (C=O) groups is 1. The molecule has 2 heteroatoms. The predicted molar refractivity (Wildman–Crippen MR) is 88.3 cm³/mol. The Balaban J connectivity index is 1.75. The van der Waals surface area contributed by atoms with Crippen molar-refractivity contribution in [2.24, 2.45) is 5.92 Å². The van der Waals surface area contributed by atoms with Crippen LogP contribution in [0.2, 0.25) is 0 Å². The van der Waals surface area contributed by atoms with Gasteiger partial charge in [-0.25, -0.2) is 0 Å². The molecule has 2 aromatic rings. The van der Waals surface area contributed by atoms with Crippen LogP contribution >= 0.6 is 0 Å². The zero-order chi connectivity index (χ0) is 14.9. The second kappa shape index (κ2) is 5.53. The number of pyridine rings is 1. The lowest BCUT2D eigenvalue weighted by Gasteiger charge is -2.07. The molecular formula is C20H19NO. The number of nitrogens with zero attached hydrogens (tertiary/aromatic N) is 1. The minimum Gasteiger partial charge on any atom is -0.294 e. The molecule has 0 amide bonds. The third-order valence-electron chi connectivity index (χ3n) is 4.85. The van der Waals surface area contributed by atoms with Gasteiger partial charge in [0.2, 0.25) is 0 Å². The van der Waals surface area contributed by atoms with Gasteiger partial charge >= 0.3 is 0 Å². The molecule has 22 heavy (non-hydrogen) atoms. The maximum atomic E-state index is 12.4. The van der Waals surface area contributed by atoms with Gasteiger partial charge in [-0.1, -0.05) is 37.1 Å². The van der Waals surface area contributed by atoms with E-state index in [4.69, 9.17) is 0 Å². The first-order chi connectivity index (χ1) is 10.8. The molecule has 0 saturated heterocycles. The van der Waals surface area contributed by atoms with Crippen LogP contribution in [0.25, 0.3) is 16.7 Å². The van der Waals surface area contributed by atoms with E-state index >= 15 is 0 Å². The molecule has 0 spiro atoms. The molecule has 1 heterocycles. The number of allylic oxidation sites excluding steroid dienone is 2. The number of hydrogen-bond acceptors (Lipinski definition) is 2. The molecule has 1 aromatic carbocycles. The van der Waals surface area contributed by atoms with Crippen molar-refractivity contribution in [1.29, 1.82) is 0 Å². The number of rotatable bonds is 2. The van der Waals surface area contributed by atoms with E-state index in [1.807, 2.05) is 12.3 Å². The lowest BCUT2D eigenvalue weighted by atomic mass is 9.97. The minimum absolute atomic E-state index is 0.283. The smallest absolute Gasteiger partial charge is 0.167 e. The van der Waals surface area contributed by atoms with E-state index in [0.717, 1.165) is 22.3 Å². The molecule has 0 radical (unpaired) electrons. The van der Waals surface area contributed by atoms with Crippen LogP contribution in [0.4, 0.5) is 0 Å². The zero-order valence-corrected chi connectivity index (χ0v) is 12.6. The lowest BCUT2D eigenvalue weighted by Crippen LogP contribution is -1.97. The fourth-order valence-corrected chi connectivity index (χ4v) is 3.66. The molecule has 1 fully saturated rings. The summed E-state index contributed by atoms with van der Waals surface area (Å²) in [6.07, 6.45) is 11.5. The maximum Gasteiger partial charge on any atom is 0.167 e. The molecule has 2 aliphatic carbocycles. The van der Waals surface area contributed by atoms with Crippen molar-refractivity contribution < 1.29 is 4.79 Å². The van der Waals surface area contributed by atoms with Gasteiger partial charge in [0.05, 0.1) is 0 Å². The maximum absolute atomic E-state index is 12.4. The number of carbonyl (C=O) groups excluding carboxylic acids is 1. The summed E-state index contributed by atoms with van der Waals surface area (Å²) in [4.78, 5) is 16.6. The van der Waals surface area contributed by atoms with E-state index < -0.39 is 0 Å². The summed E-state index contributed by atoms with van der Waals surface area (Å²) < 4.78 is 0. The highest BCUT2D eigenvalue weighted by Crippen LogP contribution is 2.36. The Morgan fingerprint density at radius 3 is 2.73 bits per heavy atom. The fraction of sp³-hybridized carbons (Fsp3) is 0.300. The Bertz CT molecular complexity index is 740. The highest BCUT2D eigenvalue weighted by molar-refractivity contribution is 6.25. The van der Waals surface area contributed by atoms with E-state index in [1.54, 1.807) is 6.20 Å². The van der Waals surface area contributed by atoms with Crippen molar-refractivity contribution in [3.8, 4) is 11.1 Å². The van der Waals surface area contributed by atoms with Gasteiger partial charge in [-0.15, -0.1) is 0 Å². The second-order valence-electron chi connectivity index (χ2n) is 6.34. The Morgan fingerprint density at radius 1 is 1.09 bits per heavy atom. The Morgan fingerprint density at radius 2 is 1.95 bits per heavy atom. The van der Waals surface area contributed by atoms with E-state index in [-0.39, 0.29) is 5.78 Å². The Kier molecular flexibility index (Phi) is 3.38. The van der Waals surface area contributed by atoms with Crippen molar-refractivity contribution >= 4 is 11.4 Å². The summed E-state index contributed by atoms with van der Waals surface area (Å²) >= 11 is 0. The van der Waals surface area contributed by atoms with Crippen LogP contribution in [0.1, 0.15) is 36.8 Å². The number of hydrogen-bond donors (Lipinski definition) is 0. The molecule has 2 aliphatic rings. The molecule has 110 valence electrons. The summed E-state index contributed by atoms with van der Waals surface area (Å²) in [5.41, 5.74) is 5.50. The summed E-state index contributed by atoms with van der Waals surface area (Å²) in [5, 5.41) is 0. The molecule has 0 aliphatic heterocycles. The number of benzene rings is 1. The Labute approximate surface area is 130 Å². The standard InChI is InChI=1S/C20H19NO/c22-20-12-16-8-7-15(17-6-3-9-21-13-17)11-18(16)19(20)10-14-4-1-2-5-14/h3,6-11,13-14H,1-2,4-5,12H2/b19-10-. The highest BCUT2D eigenvalue weighted by atomic mass is 16.1. The number of aromatic nitrogens is 1. The van der Waals surface area contributed by atoms with Crippen LogP contribution in [-0.2, 0) is 11.2 Å². The number of fused-ring (bicyclic) bond motifs is 1. The van der Waals surface area contributed by atoms with E-state index in [2.05, 4.69) is 35.3 Å². The van der Waals surface area contributed by atoms with E-state index in [9.17, 15) is 4.79 Å². The topological polar surface area (TPSA) is 30.0 Å². The van der Waals surface area contributed by atoms with Crippen molar-refractivity contribution in [2.45, 2.75) is 32.1 Å². The first-order valence-corrected chi connectivity index (χ1v) is 8.10. The van der Waals surface area contributed by atoms with Crippen molar-refractivity contribution in [3.05, 3.63) is 59.9 Å². The average molecular weight is 289 g/mol. The van der Waals surface area contributed by atoms with Crippen LogP contribution in [0.3, 0.4) is 0 Å². The van der Waals surface area contributed by atoms with Gasteiger partial charge in [0.15, 0.2) is 5.78 Å². The molecule has 0 atom stereocenters. The molecule has 4 rings (SSSR count). The summed E-state index contributed by atoms with van der Waals surface area (Å²) in [6.45, 7) is 0. The molecule has 1 aromatic heterocycles. The summed E-state index contributed by atoms with van der Waals surface area (Å²) in [7, 11) is 0. The van der Waals surface area contributed by atoms with Gasteiger partial charge < -0.3 is 0 Å². The zero-order valence-electron chi connectivity index (χ0n) is 12.6. The lowest BCUT2D eigenvalue weighted by molar-refractivity contribution is -0.112. The largest absolute Gasteiger partial charge is 0.294 e.